The first-order valence-electron chi connectivity index (χ1n) is 9.73. The van der Waals surface area contributed by atoms with Gasteiger partial charge in [-0.15, -0.1) is 0 Å². The Labute approximate surface area is 152 Å². The zero-order valence-corrected chi connectivity index (χ0v) is 16.3. The van der Waals surface area contributed by atoms with Crippen molar-refractivity contribution < 1.29 is 14.3 Å². The fourth-order valence-corrected chi connectivity index (χ4v) is 3.55. The first-order chi connectivity index (χ1) is 11.7. The van der Waals surface area contributed by atoms with Crippen LogP contribution in [0.15, 0.2) is 0 Å². The first kappa shape index (κ1) is 20.0. The summed E-state index contributed by atoms with van der Waals surface area (Å²) >= 11 is 0. The van der Waals surface area contributed by atoms with E-state index in [1.54, 1.807) is 0 Å². The van der Waals surface area contributed by atoms with E-state index in [0.717, 1.165) is 57.7 Å². The molecule has 6 nitrogen and oxygen atoms in total. The Balaban J connectivity index is 1.81. The van der Waals surface area contributed by atoms with Crippen LogP contribution in [0.5, 0.6) is 0 Å². The maximum atomic E-state index is 12.6. The van der Waals surface area contributed by atoms with Crippen LogP contribution in [-0.2, 0) is 9.53 Å². The first-order valence-corrected chi connectivity index (χ1v) is 9.73. The molecule has 0 aliphatic carbocycles. The predicted octanol–water partition coefficient (Wildman–Crippen LogP) is 2.62. The molecule has 25 heavy (non-hydrogen) atoms. The molecule has 2 heterocycles. The van der Waals surface area contributed by atoms with E-state index in [1.807, 2.05) is 25.7 Å². The molecule has 1 N–H and O–H groups in total. The topological polar surface area (TPSA) is 61.9 Å². The van der Waals surface area contributed by atoms with E-state index in [2.05, 4.69) is 17.1 Å². The number of ether oxygens (including phenoxy) is 1. The Hall–Kier alpha value is -1.30. The van der Waals surface area contributed by atoms with E-state index in [4.69, 9.17) is 4.74 Å². The second kappa shape index (κ2) is 8.88. The van der Waals surface area contributed by atoms with Crippen molar-refractivity contribution in [1.29, 1.82) is 0 Å². The molecule has 1 unspecified atom stereocenters. The molecule has 2 amide bonds. The maximum Gasteiger partial charge on any atom is 0.407 e. The van der Waals surface area contributed by atoms with Gasteiger partial charge in [0.1, 0.15) is 5.60 Å². The standard InChI is InChI=1S/C19H35N3O3/c1-15-8-11-21(12-9-15)17(23)14-22-10-6-5-7-16(22)13-20-18(24)25-19(2,3)4/h15-16H,5-14H2,1-4H3,(H,20,24). The number of amides is 2. The smallest absolute Gasteiger partial charge is 0.407 e. The summed E-state index contributed by atoms with van der Waals surface area (Å²) in [5, 5.41) is 2.87. The van der Waals surface area contributed by atoms with E-state index in [9.17, 15) is 9.59 Å². The Morgan fingerprint density at radius 1 is 1.08 bits per heavy atom. The number of nitrogens with one attached hydrogen (secondary N) is 1. The lowest BCUT2D eigenvalue weighted by Crippen LogP contribution is -2.52. The van der Waals surface area contributed by atoms with E-state index in [1.165, 1.54) is 0 Å². The van der Waals surface area contributed by atoms with Crippen molar-refractivity contribution >= 4 is 12.0 Å². The Morgan fingerprint density at radius 2 is 1.76 bits per heavy atom. The van der Waals surface area contributed by atoms with Gasteiger partial charge in [0.25, 0.3) is 0 Å². The average molecular weight is 354 g/mol. The van der Waals surface area contributed by atoms with E-state index in [0.29, 0.717) is 13.1 Å². The van der Waals surface area contributed by atoms with Crippen LogP contribution in [0.4, 0.5) is 4.79 Å². The third-order valence-electron chi connectivity index (χ3n) is 5.10. The van der Waals surface area contributed by atoms with Gasteiger partial charge in [-0.05, 0) is 58.9 Å². The monoisotopic (exact) mass is 353 g/mol. The van der Waals surface area contributed by atoms with Crippen LogP contribution in [0, 0.1) is 5.92 Å². The van der Waals surface area contributed by atoms with Gasteiger partial charge in [0, 0.05) is 25.7 Å². The third-order valence-corrected chi connectivity index (χ3v) is 5.10. The van der Waals surface area contributed by atoms with Crippen molar-refractivity contribution in [3.8, 4) is 0 Å². The minimum absolute atomic E-state index is 0.217. The summed E-state index contributed by atoms with van der Waals surface area (Å²) in [6.45, 7) is 11.5. The highest BCUT2D eigenvalue weighted by molar-refractivity contribution is 5.78. The molecule has 0 bridgehead atoms. The molecule has 6 heteroatoms. The molecular formula is C19H35N3O3. The molecule has 2 saturated heterocycles. The van der Waals surface area contributed by atoms with Crippen molar-refractivity contribution in [2.75, 3.05) is 32.7 Å². The summed E-state index contributed by atoms with van der Waals surface area (Å²) in [6.07, 6.45) is 5.11. The molecule has 1 atom stereocenters. The molecule has 2 rings (SSSR count). The predicted molar refractivity (Wildman–Crippen MR) is 98.4 cm³/mol. The van der Waals surface area contributed by atoms with Gasteiger partial charge in [-0.1, -0.05) is 13.3 Å². The number of rotatable bonds is 4. The number of likely N-dealkylation sites (tertiary alicyclic amines) is 2. The SMILES string of the molecule is CC1CCN(C(=O)CN2CCCCC2CNC(=O)OC(C)(C)C)CC1. The van der Waals surface area contributed by atoms with Gasteiger partial charge in [-0.3, -0.25) is 9.69 Å². The summed E-state index contributed by atoms with van der Waals surface area (Å²) in [6, 6.07) is 0.217. The lowest BCUT2D eigenvalue weighted by molar-refractivity contribution is -0.134. The van der Waals surface area contributed by atoms with Gasteiger partial charge in [0.15, 0.2) is 0 Å². The molecule has 0 aromatic carbocycles. The summed E-state index contributed by atoms with van der Waals surface area (Å²) in [5.41, 5.74) is -0.488. The average Bonchev–Trinajstić information content (AvgIpc) is 2.53. The number of carbonyl (C=O) groups excluding carboxylic acids is 2. The number of piperidine rings is 2. The molecule has 0 aromatic heterocycles. The molecule has 2 aliphatic rings. The van der Waals surface area contributed by atoms with Crippen LogP contribution in [0.1, 0.15) is 59.8 Å². The zero-order valence-electron chi connectivity index (χ0n) is 16.3. The Morgan fingerprint density at radius 3 is 2.40 bits per heavy atom. The molecule has 0 spiro atoms. The molecule has 2 fully saturated rings. The highest BCUT2D eigenvalue weighted by Crippen LogP contribution is 2.19. The van der Waals surface area contributed by atoms with E-state index >= 15 is 0 Å². The van der Waals surface area contributed by atoms with Crippen LogP contribution in [0.3, 0.4) is 0 Å². The van der Waals surface area contributed by atoms with Crippen LogP contribution in [0.25, 0.3) is 0 Å². The fraction of sp³-hybridized carbons (Fsp3) is 0.895. The highest BCUT2D eigenvalue weighted by atomic mass is 16.6. The van der Waals surface area contributed by atoms with E-state index < -0.39 is 5.60 Å². The quantitative estimate of drug-likeness (QED) is 0.844. The van der Waals surface area contributed by atoms with Crippen LogP contribution in [0.2, 0.25) is 0 Å². The number of hydrogen-bond donors (Lipinski definition) is 1. The van der Waals surface area contributed by atoms with Crippen molar-refractivity contribution in [3.05, 3.63) is 0 Å². The molecule has 0 saturated carbocycles. The molecule has 144 valence electrons. The lowest BCUT2D eigenvalue weighted by atomic mass is 9.99. The van der Waals surface area contributed by atoms with Crippen molar-refractivity contribution in [2.45, 2.75) is 71.4 Å². The van der Waals surface area contributed by atoms with E-state index in [-0.39, 0.29) is 18.0 Å². The third kappa shape index (κ3) is 6.84. The van der Waals surface area contributed by atoms with Crippen molar-refractivity contribution in [1.82, 2.24) is 15.1 Å². The fourth-order valence-electron chi connectivity index (χ4n) is 3.55. The molecule has 2 aliphatic heterocycles. The van der Waals surface area contributed by atoms with Crippen LogP contribution in [-0.4, -0.2) is 66.2 Å². The zero-order chi connectivity index (χ0) is 18.4. The largest absolute Gasteiger partial charge is 0.444 e. The second-order valence-corrected chi connectivity index (χ2v) is 8.57. The van der Waals surface area contributed by atoms with Gasteiger partial charge >= 0.3 is 6.09 Å². The Bertz CT molecular complexity index is 453. The molecule has 0 aromatic rings. The van der Waals surface area contributed by atoms with Gasteiger partial charge in [0.05, 0.1) is 6.54 Å². The lowest BCUT2D eigenvalue weighted by Gasteiger charge is -2.38. The Kier molecular flexibility index (Phi) is 7.11. The summed E-state index contributed by atoms with van der Waals surface area (Å²) in [5.74, 6) is 0.959. The van der Waals surface area contributed by atoms with Crippen molar-refractivity contribution in [2.24, 2.45) is 5.92 Å². The highest BCUT2D eigenvalue weighted by Gasteiger charge is 2.28. The summed E-state index contributed by atoms with van der Waals surface area (Å²) in [4.78, 5) is 28.7. The molecule has 0 radical (unpaired) electrons. The number of hydrogen-bond acceptors (Lipinski definition) is 4. The van der Waals surface area contributed by atoms with Gasteiger partial charge in [0.2, 0.25) is 5.91 Å². The van der Waals surface area contributed by atoms with Crippen LogP contribution < -0.4 is 5.32 Å². The second-order valence-electron chi connectivity index (χ2n) is 8.57. The van der Waals surface area contributed by atoms with Gasteiger partial charge < -0.3 is 15.0 Å². The van der Waals surface area contributed by atoms with Crippen LogP contribution >= 0.6 is 0 Å². The minimum atomic E-state index is -0.488. The van der Waals surface area contributed by atoms with Gasteiger partial charge in [-0.25, -0.2) is 4.79 Å². The summed E-state index contributed by atoms with van der Waals surface area (Å²) in [7, 11) is 0. The normalized spacial score (nSPS) is 23.4. The van der Waals surface area contributed by atoms with Crippen molar-refractivity contribution in [3.63, 3.8) is 0 Å². The summed E-state index contributed by atoms with van der Waals surface area (Å²) < 4.78 is 5.31. The number of nitrogens with zero attached hydrogens (tertiary/aromatic N) is 2. The van der Waals surface area contributed by atoms with Gasteiger partial charge in [-0.2, -0.15) is 0 Å². The molecular weight excluding hydrogens is 318 g/mol. The minimum Gasteiger partial charge on any atom is -0.444 e. The number of alkyl carbamates (subject to hydrolysis) is 1. The maximum absolute atomic E-state index is 12.6. The number of carbonyl (C=O) groups is 2.